The van der Waals surface area contributed by atoms with Gasteiger partial charge in [0, 0.05) is 30.8 Å². The van der Waals surface area contributed by atoms with Crippen molar-refractivity contribution in [3.8, 4) is 0 Å². The molecule has 2 N–H and O–H groups in total. The second-order valence-electron chi connectivity index (χ2n) is 6.21. The number of amides is 2. The van der Waals surface area contributed by atoms with Crippen molar-refractivity contribution < 1.29 is 9.90 Å². The fourth-order valence-electron chi connectivity index (χ4n) is 3.00. The smallest absolute Gasteiger partial charge is 0.317 e. The van der Waals surface area contributed by atoms with Crippen LogP contribution in [0.5, 0.6) is 0 Å². The molecule has 0 spiro atoms. The van der Waals surface area contributed by atoms with Crippen LogP contribution in [0.15, 0.2) is 5.38 Å². The lowest BCUT2D eigenvalue weighted by molar-refractivity contribution is 0.132. The second kappa shape index (κ2) is 7.92. The van der Waals surface area contributed by atoms with Gasteiger partial charge in [-0.15, -0.1) is 11.3 Å². The Morgan fingerprint density at radius 3 is 2.68 bits per heavy atom. The monoisotopic (exact) mass is 325 g/mol. The summed E-state index contributed by atoms with van der Waals surface area (Å²) in [6, 6.07) is 0.243. The highest BCUT2D eigenvalue weighted by molar-refractivity contribution is 7.09. The van der Waals surface area contributed by atoms with Crippen LogP contribution >= 0.6 is 11.3 Å². The van der Waals surface area contributed by atoms with E-state index in [1.165, 1.54) is 0 Å². The number of rotatable bonds is 5. The van der Waals surface area contributed by atoms with Gasteiger partial charge < -0.3 is 15.3 Å². The summed E-state index contributed by atoms with van der Waals surface area (Å²) in [6.45, 7) is 4.30. The maximum Gasteiger partial charge on any atom is 0.317 e. The van der Waals surface area contributed by atoms with Crippen LogP contribution in [0, 0.1) is 12.8 Å². The van der Waals surface area contributed by atoms with Gasteiger partial charge in [0.25, 0.3) is 0 Å². The predicted octanol–water partition coefficient (Wildman–Crippen LogP) is 3.10. The van der Waals surface area contributed by atoms with E-state index in [-0.39, 0.29) is 24.7 Å². The molecule has 1 unspecified atom stereocenters. The predicted molar refractivity (Wildman–Crippen MR) is 89.0 cm³/mol. The first-order valence-corrected chi connectivity index (χ1v) is 8.99. The van der Waals surface area contributed by atoms with Crippen molar-refractivity contribution in [2.45, 2.75) is 58.0 Å². The number of aliphatic hydroxyl groups excluding tert-OH is 1. The van der Waals surface area contributed by atoms with Crippen LogP contribution < -0.4 is 5.32 Å². The van der Waals surface area contributed by atoms with Crippen LogP contribution in [-0.4, -0.2) is 40.7 Å². The fraction of sp³-hybridized carbons (Fsp3) is 0.750. The number of hydrogen-bond acceptors (Lipinski definition) is 4. The minimum absolute atomic E-state index is 0.0116. The van der Waals surface area contributed by atoms with Crippen molar-refractivity contribution in [3.63, 3.8) is 0 Å². The lowest BCUT2D eigenvalue weighted by atomic mass is 9.86. The van der Waals surface area contributed by atoms with Gasteiger partial charge in [0.2, 0.25) is 0 Å². The Bertz CT molecular complexity index is 483. The molecule has 2 amide bonds. The Morgan fingerprint density at radius 1 is 1.50 bits per heavy atom. The molecule has 5 nitrogen and oxygen atoms in total. The van der Waals surface area contributed by atoms with Crippen LogP contribution in [-0.2, 0) is 0 Å². The zero-order valence-electron chi connectivity index (χ0n) is 13.7. The lowest BCUT2D eigenvalue weighted by Crippen LogP contribution is -2.46. The van der Waals surface area contributed by atoms with E-state index in [4.69, 9.17) is 0 Å². The Balaban J connectivity index is 1.90. The number of nitrogens with zero attached hydrogens (tertiary/aromatic N) is 2. The summed E-state index contributed by atoms with van der Waals surface area (Å²) >= 11 is 1.60. The van der Waals surface area contributed by atoms with Crippen LogP contribution in [0.25, 0.3) is 0 Å². The minimum atomic E-state index is -0.0212. The topological polar surface area (TPSA) is 65.5 Å². The molecule has 0 aliphatic heterocycles. The van der Waals surface area contributed by atoms with Crippen molar-refractivity contribution >= 4 is 17.4 Å². The Hall–Kier alpha value is -1.14. The quantitative estimate of drug-likeness (QED) is 0.874. The number of carbonyl (C=O) groups is 1. The Morgan fingerprint density at radius 2 is 2.18 bits per heavy atom. The van der Waals surface area contributed by atoms with E-state index < -0.39 is 0 Å². The Labute approximate surface area is 136 Å². The van der Waals surface area contributed by atoms with Crippen LogP contribution in [0.3, 0.4) is 0 Å². The average molecular weight is 325 g/mol. The average Bonchev–Trinajstić information content (AvgIpc) is 2.98. The highest BCUT2D eigenvalue weighted by Gasteiger charge is 2.27. The molecule has 6 heteroatoms. The Kier molecular flexibility index (Phi) is 6.20. The molecule has 0 aromatic carbocycles. The normalized spacial score (nSPS) is 23.1. The van der Waals surface area contributed by atoms with E-state index in [1.54, 1.807) is 11.3 Å². The van der Waals surface area contributed by atoms with Crippen LogP contribution in [0.1, 0.15) is 55.8 Å². The lowest BCUT2D eigenvalue weighted by Gasteiger charge is -2.34. The molecule has 124 valence electrons. The van der Waals surface area contributed by atoms with Gasteiger partial charge in [-0.25, -0.2) is 9.78 Å². The van der Waals surface area contributed by atoms with Crippen LogP contribution in [0.2, 0.25) is 0 Å². The number of aromatic nitrogens is 1. The summed E-state index contributed by atoms with van der Waals surface area (Å²) in [5, 5.41) is 15.3. The molecule has 1 aromatic rings. The van der Waals surface area contributed by atoms with E-state index in [2.05, 4.69) is 17.2 Å². The van der Waals surface area contributed by atoms with E-state index in [9.17, 15) is 9.90 Å². The van der Waals surface area contributed by atoms with Crippen molar-refractivity contribution in [1.82, 2.24) is 15.2 Å². The molecule has 1 aliphatic rings. The molecule has 0 radical (unpaired) electrons. The zero-order chi connectivity index (χ0) is 16.1. The first-order chi connectivity index (χ1) is 10.5. The van der Waals surface area contributed by atoms with E-state index >= 15 is 0 Å². The maximum absolute atomic E-state index is 12.5. The first-order valence-electron chi connectivity index (χ1n) is 8.11. The third kappa shape index (κ3) is 4.20. The fourth-order valence-corrected chi connectivity index (χ4v) is 3.93. The number of urea groups is 1. The third-order valence-electron chi connectivity index (χ3n) is 4.58. The molecular weight excluding hydrogens is 298 g/mol. The molecule has 1 aliphatic carbocycles. The number of thiazole rings is 1. The molecule has 1 aromatic heterocycles. The van der Waals surface area contributed by atoms with Gasteiger partial charge in [-0.1, -0.05) is 6.92 Å². The molecule has 1 fully saturated rings. The van der Waals surface area contributed by atoms with Crippen molar-refractivity contribution in [3.05, 3.63) is 16.1 Å². The largest absolute Gasteiger partial charge is 0.396 e. The van der Waals surface area contributed by atoms with Crippen molar-refractivity contribution in [2.75, 3.05) is 13.7 Å². The minimum Gasteiger partial charge on any atom is -0.396 e. The summed E-state index contributed by atoms with van der Waals surface area (Å²) < 4.78 is 0. The molecule has 1 atom stereocenters. The number of nitrogens with one attached hydrogen (secondary N) is 1. The standard InChI is InChI=1S/C16H27N3O2S/c1-4-14(15-17-11(2)10-22-15)18-16(21)19(3)13-7-5-12(9-20)6-8-13/h10,12-14,20H,4-9H2,1-3H3,(H,18,21). The summed E-state index contributed by atoms with van der Waals surface area (Å²) in [7, 11) is 1.87. The van der Waals surface area contributed by atoms with Crippen LogP contribution in [0.4, 0.5) is 4.79 Å². The number of aliphatic hydroxyl groups is 1. The SMILES string of the molecule is CCC(NC(=O)N(C)C1CCC(CO)CC1)c1nc(C)cs1. The number of hydrogen-bond donors (Lipinski definition) is 2. The highest BCUT2D eigenvalue weighted by Crippen LogP contribution is 2.27. The van der Waals surface area contributed by atoms with Crippen molar-refractivity contribution in [2.24, 2.45) is 5.92 Å². The van der Waals surface area contributed by atoms with E-state index in [0.29, 0.717) is 5.92 Å². The van der Waals surface area contributed by atoms with E-state index in [1.807, 2.05) is 24.3 Å². The van der Waals surface area contributed by atoms with Gasteiger partial charge in [0.05, 0.1) is 6.04 Å². The molecule has 0 bridgehead atoms. The summed E-state index contributed by atoms with van der Waals surface area (Å²) in [5.74, 6) is 0.411. The number of aryl methyl sites for hydroxylation is 1. The maximum atomic E-state index is 12.5. The molecule has 1 heterocycles. The molecule has 0 saturated heterocycles. The second-order valence-corrected chi connectivity index (χ2v) is 7.10. The number of carbonyl (C=O) groups excluding carboxylic acids is 1. The highest BCUT2D eigenvalue weighted by atomic mass is 32.1. The van der Waals surface area contributed by atoms with Gasteiger partial charge >= 0.3 is 6.03 Å². The zero-order valence-corrected chi connectivity index (χ0v) is 14.5. The summed E-state index contributed by atoms with van der Waals surface area (Å²) in [6.07, 6.45) is 4.79. The molecule has 22 heavy (non-hydrogen) atoms. The summed E-state index contributed by atoms with van der Waals surface area (Å²) in [5.41, 5.74) is 1.00. The van der Waals surface area contributed by atoms with Gasteiger partial charge in [-0.05, 0) is 44.9 Å². The summed E-state index contributed by atoms with van der Waals surface area (Å²) in [4.78, 5) is 18.8. The molecular formula is C16H27N3O2S. The van der Waals surface area contributed by atoms with E-state index in [0.717, 1.165) is 42.8 Å². The van der Waals surface area contributed by atoms with Gasteiger partial charge in [-0.2, -0.15) is 0 Å². The van der Waals surface area contributed by atoms with Gasteiger partial charge in [0.1, 0.15) is 5.01 Å². The van der Waals surface area contributed by atoms with Gasteiger partial charge in [0.15, 0.2) is 0 Å². The van der Waals surface area contributed by atoms with Crippen molar-refractivity contribution in [1.29, 1.82) is 0 Å². The van der Waals surface area contributed by atoms with Gasteiger partial charge in [-0.3, -0.25) is 0 Å². The third-order valence-corrected chi connectivity index (χ3v) is 5.66. The molecule has 2 rings (SSSR count). The first kappa shape index (κ1) is 17.2. The molecule has 1 saturated carbocycles.